The van der Waals surface area contributed by atoms with Crippen molar-refractivity contribution in [2.24, 2.45) is 0 Å². The molecule has 0 N–H and O–H groups in total. The van der Waals surface area contributed by atoms with Gasteiger partial charge < -0.3 is 9.47 Å². The average Bonchev–Trinajstić information content (AvgIpc) is 2.33. The van der Waals surface area contributed by atoms with E-state index in [0.717, 1.165) is 11.5 Å². The van der Waals surface area contributed by atoms with E-state index in [2.05, 4.69) is 6.07 Å². The van der Waals surface area contributed by atoms with Gasteiger partial charge in [0.1, 0.15) is 17.2 Å². The Labute approximate surface area is 95.4 Å². The molecule has 2 nitrogen and oxygen atoms in total. The third kappa shape index (κ3) is 2.54. The molecule has 0 atom stereocenters. The summed E-state index contributed by atoms with van der Waals surface area (Å²) in [5.41, 5.74) is 1.21. The smallest absolute Gasteiger partial charge is 0.135 e. The Morgan fingerprint density at radius 2 is 1.62 bits per heavy atom. The molecule has 2 aromatic rings. The highest BCUT2D eigenvalue weighted by atomic mass is 16.5. The van der Waals surface area contributed by atoms with Gasteiger partial charge in [-0.25, -0.2) is 0 Å². The third-order valence-corrected chi connectivity index (χ3v) is 2.24. The SMILES string of the molecule is COc1c[c]c(Oc2ccc(C)cc2)cc1. The van der Waals surface area contributed by atoms with Crippen LogP contribution in [0.4, 0.5) is 0 Å². The molecule has 2 heteroatoms. The Balaban J connectivity index is 2.11. The molecule has 16 heavy (non-hydrogen) atoms. The summed E-state index contributed by atoms with van der Waals surface area (Å²) in [6.07, 6.45) is 0. The minimum atomic E-state index is 0.685. The lowest BCUT2D eigenvalue weighted by atomic mass is 10.2. The molecule has 0 fully saturated rings. The molecule has 0 aromatic heterocycles. The second kappa shape index (κ2) is 4.71. The fourth-order valence-corrected chi connectivity index (χ4v) is 1.32. The predicted molar refractivity (Wildman–Crippen MR) is 63.1 cm³/mol. The predicted octanol–water partition coefficient (Wildman–Crippen LogP) is 3.60. The van der Waals surface area contributed by atoms with Crippen molar-refractivity contribution in [1.82, 2.24) is 0 Å². The molecular weight excluding hydrogens is 200 g/mol. The average molecular weight is 213 g/mol. The highest BCUT2D eigenvalue weighted by molar-refractivity contribution is 5.35. The van der Waals surface area contributed by atoms with E-state index >= 15 is 0 Å². The number of methoxy groups -OCH3 is 1. The summed E-state index contributed by atoms with van der Waals surface area (Å²) in [7, 11) is 1.63. The molecule has 0 unspecified atom stereocenters. The number of rotatable bonds is 3. The Morgan fingerprint density at radius 3 is 2.19 bits per heavy atom. The quantitative estimate of drug-likeness (QED) is 0.775. The largest absolute Gasteiger partial charge is 0.497 e. The molecule has 81 valence electrons. The number of hydrogen-bond acceptors (Lipinski definition) is 2. The van der Waals surface area contributed by atoms with Gasteiger partial charge in [0.2, 0.25) is 0 Å². The Bertz CT molecular complexity index is 443. The van der Waals surface area contributed by atoms with Crippen LogP contribution in [0.2, 0.25) is 0 Å². The molecule has 2 rings (SSSR count). The molecule has 0 bridgehead atoms. The fraction of sp³-hybridized carbons (Fsp3) is 0.143. The van der Waals surface area contributed by atoms with Crippen LogP contribution in [0.1, 0.15) is 5.56 Å². The molecule has 0 aliphatic heterocycles. The standard InChI is InChI=1S/C14H13O2/c1-11-3-5-13(6-4-11)16-14-9-7-12(15-2)8-10-14/h3-9H,1-2H3. The molecule has 0 amide bonds. The summed E-state index contributed by atoms with van der Waals surface area (Å²) < 4.78 is 10.7. The van der Waals surface area contributed by atoms with Gasteiger partial charge in [0.25, 0.3) is 0 Å². The molecule has 0 spiro atoms. The zero-order valence-corrected chi connectivity index (χ0v) is 9.36. The molecule has 0 saturated heterocycles. The first kappa shape index (κ1) is 10.6. The Morgan fingerprint density at radius 1 is 0.938 bits per heavy atom. The maximum Gasteiger partial charge on any atom is 0.135 e. The number of benzene rings is 2. The minimum absolute atomic E-state index is 0.685. The second-order valence-electron chi connectivity index (χ2n) is 3.51. The van der Waals surface area contributed by atoms with Gasteiger partial charge in [0.05, 0.1) is 7.11 Å². The first-order valence-electron chi connectivity index (χ1n) is 5.08. The van der Waals surface area contributed by atoms with Crippen LogP contribution in [0.5, 0.6) is 17.2 Å². The lowest BCUT2D eigenvalue weighted by molar-refractivity contribution is 0.412. The fourth-order valence-electron chi connectivity index (χ4n) is 1.32. The zero-order valence-electron chi connectivity index (χ0n) is 9.36. The maximum absolute atomic E-state index is 5.62. The second-order valence-corrected chi connectivity index (χ2v) is 3.51. The number of aryl methyl sites for hydroxylation is 1. The van der Waals surface area contributed by atoms with Crippen molar-refractivity contribution >= 4 is 0 Å². The van der Waals surface area contributed by atoms with Crippen molar-refractivity contribution in [2.45, 2.75) is 6.92 Å². The van der Waals surface area contributed by atoms with Crippen molar-refractivity contribution < 1.29 is 9.47 Å². The van der Waals surface area contributed by atoms with E-state index in [9.17, 15) is 0 Å². The van der Waals surface area contributed by atoms with Crippen molar-refractivity contribution in [1.29, 1.82) is 0 Å². The van der Waals surface area contributed by atoms with Crippen LogP contribution < -0.4 is 9.47 Å². The van der Waals surface area contributed by atoms with Gasteiger partial charge in [-0.05, 0) is 37.3 Å². The Hall–Kier alpha value is -1.96. The normalized spacial score (nSPS) is 9.88. The highest BCUT2D eigenvalue weighted by Gasteiger charge is 1.97. The van der Waals surface area contributed by atoms with Gasteiger partial charge in [-0.3, -0.25) is 0 Å². The van der Waals surface area contributed by atoms with E-state index in [4.69, 9.17) is 9.47 Å². The Kier molecular flexibility index (Phi) is 3.10. The van der Waals surface area contributed by atoms with E-state index in [-0.39, 0.29) is 0 Å². The number of ether oxygens (including phenoxy) is 2. The van der Waals surface area contributed by atoms with Crippen molar-refractivity contribution in [3.05, 3.63) is 54.1 Å². The minimum Gasteiger partial charge on any atom is -0.497 e. The van der Waals surface area contributed by atoms with E-state index in [1.807, 2.05) is 43.3 Å². The van der Waals surface area contributed by atoms with Gasteiger partial charge in [0.15, 0.2) is 0 Å². The summed E-state index contributed by atoms with van der Waals surface area (Å²) in [4.78, 5) is 0. The van der Waals surface area contributed by atoms with Crippen molar-refractivity contribution in [2.75, 3.05) is 7.11 Å². The van der Waals surface area contributed by atoms with Gasteiger partial charge in [-0.2, -0.15) is 0 Å². The first-order chi connectivity index (χ1) is 7.78. The molecule has 0 saturated carbocycles. The molecule has 1 radical (unpaired) electrons. The van der Waals surface area contributed by atoms with Crippen molar-refractivity contribution in [3.8, 4) is 17.2 Å². The van der Waals surface area contributed by atoms with Crippen LogP contribution in [0.25, 0.3) is 0 Å². The van der Waals surface area contributed by atoms with E-state index in [1.54, 1.807) is 13.2 Å². The van der Waals surface area contributed by atoms with Gasteiger partial charge in [-0.15, -0.1) is 0 Å². The van der Waals surface area contributed by atoms with Crippen molar-refractivity contribution in [3.63, 3.8) is 0 Å². The molecule has 2 aromatic carbocycles. The van der Waals surface area contributed by atoms with Crippen LogP contribution in [0, 0.1) is 13.0 Å². The van der Waals surface area contributed by atoms with Crippen LogP contribution in [0.15, 0.2) is 42.5 Å². The van der Waals surface area contributed by atoms with Crippen LogP contribution in [-0.4, -0.2) is 7.11 Å². The summed E-state index contributed by atoms with van der Waals surface area (Å²) in [6.45, 7) is 2.04. The van der Waals surface area contributed by atoms with E-state index in [0.29, 0.717) is 5.75 Å². The topological polar surface area (TPSA) is 18.5 Å². The van der Waals surface area contributed by atoms with Gasteiger partial charge in [0, 0.05) is 6.07 Å². The van der Waals surface area contributed by atoms with E-state index in [1.165, 1.54) is 5.56 Å². The molecule has 0 aliphatic carbocycles. The van der Waals surface area contributed by atoms with Crippen LogP contribution in [0.3, 0.4) is 0 Å². The highest BCUT2D eigenvalue weighted by Crippen LogP contribution is 2.23. The molecular formula is C14H13O2. The summed E-state index contributed by atoms with van der Waals surface area (Å²) >= 11 is 0. The number of hydrogen-bond donors (Lipinski definition) is 0. The maximum atomic E-state index is 5.62. The summed E-state index contributed by atoms with van der Waals surface area (Å²) in [5.74, 6) is 2.27. The van der Waals surface area contributed by atoms with E-state index < -0.39 is 0 Å². The first-order valence-corrected chi connectivity index (χ1v) is 5.08. The van der Waals surface area contributed by atoms with Crippen LogP contribution >= 0.6 is 0 Å². The third-order valence-electron chi connectivity index (χ3n) is 2.24. The van der Waals surface area contributed by atoms with Crippen LogP contribution in [-0.2, 0) is 0 Å². The summed E-state index contributed by atoms with van der Waals surface area (Å²) in [6, 6.07) is 16.3. The zero-order chi connectivity index (χ0) is 11.4. The van der Waals surface area contributed by atoms with Gasteiger partial charge >= 0.3 is 0 Å². The molecule has 0 heterocycles. The molecule has 0 aliphatic rings. The monoisotopic (exact) mass is 213 g/mol. The van der Waals surface area contributed by atoms with Gasteiger partial charge in [-0.1, -0.05) is 17.7 Å². The lowest BCUT2D eigenvalue weighted by Gasteiger charge is -2.06. The lowest BCUT2D eigenvalue weighted by Crippen LogP contribution is -1.86. The summed E-state index contributed by atoms with van der Waals surface area (Å²) in [5, 5.41) is 0.